The van der Waals surface area contributed by atoms with Crippen LogP contribution in [0.25, 0.3) is 17.0 Å². The number of hydrogen-bond donors (Lipinski definition) is 1. The minimum atomic E-state index is -0.161. The topological polar surface area (TPSA) is 61.1 Å². The number of carbonyl (C=O) groups is 1. The van der Waals surface area contributed by atoms with Gasteiger partial charge in [-0.25, -0.2) is 0 Å². The number of nitrogens with one attached hydrogen (secondary N) is 1. The molecule has 0 aliphatic heterocycles. The molecule has 0 unspecified atom stereocenters. The maximum atomic E-state index is 12.3. The fourth-order valence-electron chi connectivity index (χ4n) is 3.04. The first-order chi connectivity index (χ1) is 12.5. The van der Waals surface area contributed by atoms with Gasteiger partial charge in [-0.3, -0.25) is 9.48 Å². The molecule has 0 bridgehead atoms. The Bertz CT molecular complexity index is 966. The van der Waals surface area contributed by atoms with Crippen molar-refractivity contribution < 1.29 is 9.53 Å². The summed E-state index contributed by atoms with van der Waals surface area (Å²) in [5.74, 6) is -0.161. The number of aromatic nitrogens is 3. The van der Waals surface area contributed by atoms with Crippen LogP contribution in [0.4, 0.5) is 5.69 Å². The molecule has 3 rings (SSSR count). The first-order valence-corrected chi connectivity index (χ1v) is 8.56. The van der Waals surface area contributed by atoms with Gasteiger partial charge in [-0.1, -0.05) is 0 Å². The molecule has 26 heavy (non-hydrogen) atoms. The molecule has 1 N–H and O–H groups in total. The molecule has 0 aliphatic rings. The van der Waals surface area contributed by atoms with Crippen LogP contribution in [0.2, 0.25) is 0 Å². The van der Waals surface area contributed by atoms with Crippen molar-refractivity contribution >= 4 is 28.6 Å². The molecular formula is C20H24N4O2. The lowest BCUT2D eigenvalue weighted by molar-refractivity contribution is -0.111. The lowest BCUT2D eigenvalue weighted by atomic mass is 10.2. The first-order valence-electron chi connectivity index (χ1n) is 8.56. The summed E-state index contributed by atoms with van der Waals surface area (Å²) in [5.41, 5.74) is 4.82. The fraction of sp³-hybridized carbons (Fsp3) is 0.300. The number of carbonyl (C=O) groups excluding carboxylic acids is 1. The van der Waals surface area contributed by atoms with Gasteiger partial charge in [0.15, 0.2) is 0 Å². The van der Waals surface area contributed by atoms with Crippen LogP contribution in [0, 0.1) is 13.8 Å². The number of anilines is 1. The van der Waals surface area contributed by atoms with E-state index in [1.54, 1.807) is 13.2 Å². The quantitative estimate of drug-likeness (QED) is 0.693. The van der Waals surface area contributed by atoms with E-state index in [1.165, 1.54) is 0 Å². The van der Waals surface area contributed by atoms with Gasteiger partial charge in [-0.15, -0.1) is 0 Å². The van der Waals surface area contributed by atoms with Crippen LogP contribution in [0.1, 0.15) is 17.0 Å². The molecule has 2 aromatic heterocycles. The van der Waals surface area contributed by atoms with E-state index in [4.69, 9.17) is 4.74 Å². The molecule has 0 radical (unpaired) electrons. The Balaban J connectivity index is 1.72. The van der Waals surface area contributed by atoms with Gasteiger partial charge >= 0.3 is 0 Å². The fourth-order valence-corrected chi connectivity index (χ4v) is 3.04. The van der Waals surface area contributed by atoms with E-state index in [0.717, 1.165) is 40.1 Å². The van der Waals surface area contributed by atoms with Gasteiger partial charge in [0.1, 0.15) is 0 Å². The molecule has 0 saturated heterocycles. The van der Waals surface area contributed by atoms with Crippen LogP contribution in [0.5, 0.6) is 0 Å². The highest BCUT2D eigenvalue weighted by molar-refractivity contribution is 6.03. The van der Waals surface area contributed by atoms with Crippen molar-refractivity contribution in [1.29, 1.82) is 0 Å². The standard InChI is InChI=1S/C20H24N4O2/c1-14-18(15(2)23(3)22-14)6-8-20(25)21-17-5-7-19-16(13-17)9-10-24(19)11-12-26-4/h5-10,13H,11-12H2,1-4H3,(H,21,25). The van der Waals surface area contributed by atoms with Crippen molar-refractivity contribution in [1.82, 2.24) is 14.3 Å². The Hall–Kier alpha value is -2.86. The summed E-state index contributed by atoms with van der Waals surface area (Å²) in [4.78, 5) is 12.3. The average molecular weight is 352 g/mol. The molecule has 0 fully saturated rings. The van der Waals surface area contributed by atoms with Crippen molar-refractivity contribution in [3.8, 4) is 0 Å². The van der Waals surface area contributed by atoms with Crippen molar-refractivity contribution in [3.63, 3.8) is 0 Å². The summed E-state index contributed by atoms with van der Waals surface area (Å²) in [6.45, 7) is 5.39. The highest BCUT2D eigenvalue weighted by Crippen LogP contribution is 2.21. The second kappa shape index (κ2) is 7.58. The normalized spacial score (nSPS) is 11.5. The molecular weight excluding hydrogens is 328 g/mol. The molecule has 0 atom stereocenters. The van der Waals surface area contributed by atoms with E-state index in [9.17, 15) is 4.79 Å². The third kappa shape index (κ3) is 3.70. The Kier molecular flexibility index (Phi) is 5.23. The van der Waals surface area contributed by atoms with E-state index in [2.05, 4.69) is 15.0 Å². The van der Waals surface area contributed by atoms with Crippen LogP contribution in [-0.4, -0.2) is 34.0 Å². The van der Waals surface area contributed by atoms with Crippen LogP contribution in [0.15, 0.2) is 36.5 Å². The van der Waals surface area contributed by atoms with E-state index in [-0.39, 0.29) is 5.91 Å². The number of methoxy groups -OCH3 is 1. The zero-order valence-electron chi connectivity index (χ0n) is 15.6. The van der Waals surface area contributed by atoms with Crippen LogP contribution in [-0.2, 0) is 23.1 Å². The molecule has 6 nitrogen and oxygen atoms in total. The molecule has 0 saturated carbocycles. The Morgan fingerprint density at radius 1 is 1.31 bits per heavy atom. The van der Waals surface area contributed by atoms with Crippen molar-refractivity contribution in [2.75, 3.05) is 19.0 Å². The summed E-state index contributed by atoms with van der Waals surface area (Å²) < 4.78 is 9.08. The zero-order valence-corrected chi connectivity index (χ0v) is 15.6. The number of aryl methyl sites for hydroxylation is 2. The summed E-state index contributed by atoms with van der Waals surface area (Å²) >= 11 is 0. The summed E-state index contributed by atoms with van der Waals surface area (Å²) in [5, 5.41) is 8.35. The largest absolute Gasteiger partial charge is 0.383 e. The second-order valence-corrected chi connectivity index (χ2v) is 6.31. The van der Waals surface area contributed by atoms with Crippen molar-refractivity contribution in [3.05, 3.63) is 53.5 Å². The number of ether oxygens (including phenoxy) is 1. The molecule has 0 spiro atoms. The summed E-state index contributed by atoms with van der Waals surface area (Å²) in [6.07, 6.45) is 5.39. The smallest absolute Gasteiger partial charge is 0.248 e. The van der Waals surface area contributed by atoms with E-state index < -0.39 is 0 Å². The third-order valence-corrected chi connectivity index (χ3v) is 4.54. The van der Waals surface area contributed by atoms with Crippen molar-refractivity contribution in [2.45, 2.75) is 20.4 Å². The maximum absolute atomic E-state index is 12.3. The highest BCUT2D eigenvalue weighted by Gasteiger charge is 2.07. The minimum absolute atomic E-state index is 0.161. The number of fused-ring (bicyclic) bond motifs is 1. The van der Waals surface area contributed by atoms with Gasteiger partial charge in [-0.05, 0) is 44.2 Å². The average Bonchev–Trinajstić information content (AvgIpc) is 3.12. The molecule has 1 aromatic carbocycles. The van der Waals surface area contributed by atoms with E-state index in [1.807, 2.05) is 62.1 Å². The predicted octanol–water partition coefficient (Wildman–Crippen LogP) is 3.29. The zero-order chi connectivity index (χ0) is 18.7. The van der Waals surface area contributed by atoms with Crippen LogP contribution >= 0.6 is 0 Å². The van der Waals surface area contributed by atoms with Gasteiger partial charge in [0, 0.05) is 60.8 Å². The number of benzene rings is 1. The Morgan fingerprint density at radius 3 is 2.81 bits per heavy atom. The van der Waals surface area contributed by atoms with Crippen LogP contribution < -0.4 is 5.32 Å². The van der Waals surface area contributed by atoms with E-state index >= 15 is 0 Å². The molecule has 6 heteroatoms. The number of hydrogen-bond acceptors (Lipinski definition) is 3. The Labute approximate surface area is 153 Å². The van der Waals surface area contributed by atoms with Gasteiger partial charge in [-0.2, -0.15) is 5.10 Å². The van der Waals surface area contributed by atoms with Gasteiger partial charge in [0.2, 0.25) is 5.91 Å². The molecule has 2 heterocycles. The first kappa shape index (κ1) is 17.9. The van der Waals surface area contributed by atoms with Gasteiger partial charge in [0.05, 0.1) is 12.3 Å². The lowest BCUT2D eigenvalue weighted by Crippen LogP contribution is -2.07. The monoisotopic (exact) mass is 352 g/mol. The summed E-state index contributed by atoms with van der Waals surface area (Å²) in [7, 11) is 3.59. The maximum Gasteiger partial charge on any atom is 0.248 e. The molecule has 1 amide bonds. The number of nitrogens with zero attached hydrogens (tertiary/aromatic N) is 3. The Morgan fingerprint density at radius 2 is 2.12 bits per heavy atom. The molecule has 0 aliphatic carbocycles. The second-order valence-electron chi connectivity index (χ2n) is 6.31. The highest BCUT2D eigenvalue weighted by atomic mass is 16.5. The predicted molar refractivity (Wildman–Crippen MR) is 104 cm³/mol. The number of rotatable bonds is 6. The van der Waals surface area contributed by atoms with Crippen LogP contribution in [0.3, 0.4) is 0 Å². The number of amides is 1. The molecule has 136 valence electrons. The van der Waals surface area contributed by atoms with Gasteiger partial charge in [0.25, 0.3) is 0 Å². The SMILES string of the molecule is COCCn1ccc2cc(NC(=O)C=Cc3c(C)nn(C)c3C)ccc21. The van der Waals surface area contributed by atoms with E-state index in [0.29, 0.717) is 6.61 Å². The third-order valence-electron chi connectivity index (χ3n) is 4.54. The lowest BCUT2D eigenvalue weighted by Gasteiger charge is -2.06. The molecule has 3 aromatic rings. The van der Waals surface area contributed by atoms with Gasteiger partial charge < -0.3 is 14.6 Å². The van der Waals surface area contributed by atoms with Crippen molar-refractivity contribution in [2.24, 2.45) is 7.05 Å². The summed E-state index contributed by atoms with van der Waals surface area (Å²) in [6, 6.07) is 7.95. The minimum Gasteiger partial charge on any atom is -0.383 e.